The summed E-state index contributed by atoms with van der Waals surface area (Å²) in [5.41, 5.74) is 0.319. The predicted molar refractivity (Wildman–Crippen MR) is 82.0 cm³/mol. The van der Waals surface area contributed by atoms with Gasteiger partial charge < -0.3 is 9.15 Å². The zero-order chi connectivity index (χ0) is 16.5. The van der Waals surface area contributed by atoms with Crippen LogP contribution in [-0.2, 0) is 9.53 Å². The van der Waals surface area contributed by atoms with Crippen LogP contribution in [0.25, 0.3) is 11.0 Å². The summed E-state index contributed by atoms with van der Waals surface area (Å²) in [6.45, 7) is 6.72. The summed E-state index contributed by atoms with van der Waals surface area (Å²) in [5.74, 6) is -1.24. The number of fused-ring (bicyclic) bond motifs is 1. The van der Waals surface area contributed by atoms with E-state index >= 15 is 0 Å². The van der Waals surface area contributed by atoms with E-state index in [1.807, 2.05) is 6.92 Å². The smallest absolute Gasteiger partial charge is 0.374 e. The molecule has 0 aliphatic heterocycles. The monoisotopic (exact) mass is 302 g/mol. The Morgan fingerprint density at radius 1 is 1.18 bits per heavy atom. The number of esters is 1. The van der Waals surface area contributed by atoms with Gasteiger partial charge in [-0.05, 0) is 19.1 Å². The highest BCUT2D eigenvalue weighted by molar-refractivity contribution is 5.92. The molecule has 0 aliphatic rings. The molecule has 5 nitrogen and oxygen atoms in total. The average molecular weight is 302 g/mol. The van der Waals surface area contributed by atoms with Crippen molar-refractivity contribution in [3.8, 4) is 0 Å². The van der Waals surface area contributed by atoms with Gasteiger partial charge in [0.15, 0.2) is 17.8 Å². The molecule has 116 valence electrons. The van der Waals surface area contributed by atoms with Crippen molar-refractivity contribution in [3.05, 3.63) is 45.8 Å². The van der Waals surface area contributed by atoms with Crippen molar-refractivity contribution in [2.45, 2.75) is 27.7 Å². The number of benzene rings is 1. The molecule has 0 N–H and O–H groups in total. The number of rotatable bonds is 3. The van der Waals surface area contributed by atoms with E-state index in [1.165, 1.54) is 0 Å². The zero-order valence-electron chi connectivity index (χ0n) is 13.1. The highest BCUT2D eigenvalue weighted by Gasteiger charge is 2.23. The minimum atomic E-state index is -0.822. The molecule has 2 rings (SSSR count). The average Bonchev–Trinajstić information content (AvgIpc) is 2.43. The molecule has 0 unspecified atom stereocenters. The Kier molecular flexibility index (Phi) is 4.17. The van der Waals surface area contributed by atoms with Crippen molar-refractivity contribution >= 4 is 22.7 Å². The molecule has 0 bridgehead atoms. The third-order valence-electron chi connectivity index (χ3n) is 3.25. The highest BCUT2D eigenvalue weighted by Crippen LogP contribution is 2.16. The van der Waals surface area contributed by atoms with E-state index < -0.39 is 11.4 Å². The first kappa shape index (κ1) is 15.9. The van der Waals surface area contributed by atoms with Crippen LogP contribution in [0.1, 0.15) is 36.9 Å². The third kappa shape index (κ3) is 3.42. The molecule has 1 aromatic carbocycles. The van der Waals surface area contributed by atoms with Crippen LogP contribution in [0.3, 0.4) is 0 Å². The van der Waals surface area contributed by atoms with Crippen LogP contribution in [0.15, 0.2) is 33.5 Å². The Labute approximate surface area is 127 Å². The minimum Gasteiger partial charge on any atom is -0.452 e. The molecule has 2 aromatic rings. The fraction of sp³-hybridized carbons (Fsp3) is 0.353. The lowest BCUT2D eigenvalue weighted by molar-refractivity contribution is -0.129. The van der Waals surface area contributed by atoms with Gasteiger partial charge in [-0.15, -0.1) is 0 Å². The topological polar surface area (TPSA) is 73.6 Å². The lowest BCUT2D eigenvalue weighted by atomic mass is 9.91. The second kappa shape index (κ2) is 5.75. The van der Waals surface area contributed by atoms with Gasteiger partial charge in [-0.25, -0.2) is 4.79 Å². The van der Waals surface area contributed by atoms with Crippen molar-refractivity contribution < 1.29 is 18.7 Å². The van der Waals surface area contributed by atoms with Gasteiger partial charge in [-0.1, -0.05) is 32.4 Å². The molecule has 1 aromatic heterocycles. The fourth-order valence-electron chi connectivity index (χ4n) is 1.79. The molecule has 1 heterocycles. The highest BCUT2D eigenvalue weighted by atomic mass is 16.5. The fourth-order valence-corrected chi connectivity index (χ4v) is 1.79. The number of aryl methyl sites for hydroxylation is 1. The van der Waals surface area contributed by atoms with Gasteiger partial charge in [0, 0.05) is 11.5 Å². The Balaban J connectivity index is 2.24. The molecular weight excluding hydrogens is 284 g/mol. The van der Waals surface area contributed by atoms with Crippen molar-refractivity contribution in [1.82, 2.24) is 0 Å². The summed E-state index contributed by atoms with van der Waals surface area (Å²) in [5, 5.41) is 0.405. The molecule has 0 aliphatic carbocycles. The summed E-state index contributed by atoms with van der Waals surface area (Å²) in [4.78, 5) is 35.7. The molecule has 5 heteroatoms. The first-order chi connectivity index (χ1) is 10.2. The van der Waals surface area contributed by atoms with E-state index in [0.717, 1.165) is 11.6 Å². The van der Waals surface area contributed by atoms with Crippen LogP contribution in [0.5, 0.6) is 0 Å². The van der Waals surface area contributed by atoms with Crippen molar-refractivity contribution in [2.24, 2.45) is 5.41 Å². The Morgan fingerprint density at radius 2 is 1.86 bits per heavy atom. The predicted octanol–water partition coefficient (Wildman–Crippen LogP) is 2.87. The maximum atomic E-state index is 12.0. The van der Waals surface area contributed by atoms with E-state index in [-0.39, 0.29) is 23.6 Å². The second-order valence-electron chi connectivity index (χ2n) is 6.22. The van der Waals surface area contributed by atoms with Gasteiger partial charge >= 0.3 is 5.97 Å². The summed E-state index contributed by atoms with van der Waals surface area (Å²) >= 11 is 0. The Bertz CT molecular complexity index is 793. The van der Waals surface area contributed by atoms with Crippen molar-refractivity contribution in [3.63, 3.8) is 0 Å². The standard InChI is InChI=1S/C17H18O5/c1-10-5-6-13-11(7-10)12(18)8-14(22-13)16(20)21-9-15(19)17(2,3)4/h5-8H,9H2,1-4H3. The van der Waals surface area contributed by atoms with Crippen molar-refractivity contribution in [1.29, 1.82) is 0 Å². The van der Waals surface area contributed by atoms with Crippen LogP contribution >= 0.6 is 0 Å². The number of carbonyl (C=O) groups is 2. The van der Waals surface area contributed by atoms with Crippen LogP contribution in [0.2, 0.25) is 0 Å². The summed E-state index contributed by atoms with van der Waals surface area (Å²) in [6, 6.07) is 6.19. The summed E-state index contributed by atoms with van der Waals surface area (Å²) in [6.07, 6.45) is 0. The SMILES string of the molecule is Cc1ccc2oc(C(=O)OCC(=O)C(C)(C)C)cc(=O)c2c1. The minimum absolute atomic E-state index is 0.205. The Hall–Kier alpha value is -2.43. The van der Waals surface area contributed by atoms with Gasteiger partial charge in [0.1, 0.15) is 5.58 Å². The lowest BCUT2D eigenvalue weighted by Crippen LogP contribution is -2.26. The molecule has 22 heavy (non-hydrogen) atoms. The molecule has 0 amide bonds. The number of ether oxygens (including phenoxy) is 1. The molecule has 0 fully saturated rings. The van der Waals surface area contributed by atoms with Crippen LogP contribution in [0.4, 0.5) is 0 Å². The van der Waals surface area contributed by atoms with Gasteiger partial charge in [0.25, 0.3) is 0 Å². The maximum absolute atomic E-state index is 12.0. The van der Waals surface area contributed by atoms with Crippen LogP contribution in [0, 0.1) is 12.3 Å². The second-order valence-corrected chi connectivity index (χ2v) is 6.22. The third-order valence-corrected chi connectivity index (χ3v) is 3.25. The number of Topliss-reactive ketones (excluding diaryl/α,β-unsaturated/α-hetero) is 1. The number of hydrogen-bond donors (Lipinski definition) is 0. The summed E-state index contributed by atoms with van der Waals surface area (Å²) in [7, 11) is 0. The lowest BCUT2D eigenvalue weighted by Gasteiger charge is -2.15. The van der Waals surface area contributed by atoms with Crippen LogP contribution < -0.4 is 5.43 Å². The van der Waals surface area contributed by atoms with Crippen LogP contribution in [-0.4, -0.2) is 18.4 Å². The van der Waals surface area contributed by atoms with E-state index in [0.29, 0.717) is 11.0 Å². The number of hydrogen-bond acceptors (Lipinski definition) is 5. The van der Waals surface area contributed by atoms with E-state index in [9.17, 15) is 14.4 Å². The van der Waals surface area contributed by atoms with Crippen molar-refractivity contribution in [2.75, 3.05) is 6.61 Å². The van der Waals surface area contributed by atoms with Gasteiger partial charge in [-0.2, -0.15) is 0 Å². The van der Waals surface area contributed by atoms with Gasteiger partial charge in [0.05, 0.1) is 5.39 Å². The van der Waals surface area contributed by atoms with E-state index in [2.05, 4.69) is 0 Å². The molecular formula is C17H18O5. The zero-order valence-corrected chi connectivity index (χ0v) is 13.1. The maximum Gasteiger partial charge on any atom is 0.374 e. The first-order valence-corrected chi connectivity index (χ1v) is 6.93. The Morgan fingerprint density at radius 3 is 2.50 bits per heavy atom. The number of ketones is 1. The van der Waals surface area contributed by atoms with Gasteiger partial charge in [-0.3, -0.25) is 9.59 Å². The van der Waals surface area contributed by atoms with Gasteiger partial charge in [0.2, 0.25) is 5.76 Å². The quantitative estimate of drug-likeness (QED) is 0.815. The molecule has 0 atom stereocenters. The molecule has 0 saturated heterocycles. The molecule has 0 radical (unpaired) electrons. The van der Waals surface area contributed by atoms with E-state index in [4.69, 9.17) is 9.15 Å². The largest absolute Gasteiger partial charge is 0.452 e. The summed E-state index contributed by atoms with van der Waals surface area (Å²) < 4.78 is 10.3. The normalized spacial score (nSPS) is 11.5. The first-order valence-electron chi connectivity index (χ1n) is 6.93. The number of carbonyl (C=O) groups excluding carboxylic acids is 2. The molecule has 0 spiro atoms. The molecule has 0 saturated carbocycles. The van der Waals surface area contributed by atoms with E-state index in [1.54, 1.807) is 39.0 Å².